The first-order chi connectivity index (χ1) is 18.1. The van der Waals surface area contributed by atoms with Crippen molar-refractivity contribution in [2.24, 2.45) is 0 Å². The largest absolute Gasteiger partial charge is 0.497 e. The van der Waals surface area contributed by atoms with Crippen molar-refractivity contribution in [1.82, 2.24) is 19.8 Å². The maximum Gasteiger partial charge on any atom is 0.271 e. The molecule has 2 N–H and O–H groups in total. The maximum atomic E-state index is 13.6. The molecule has 0 saturated heterocycles. The summed E-state index contributed by atoms with van der Waals surface area (Å²) in [5.41, 5.74) is 4.48. The SMILES string of the molecule is COc1ccc2c(c1)cc1n2C(=O)CN(C[C@H](Cc2ccccc2)NCc2cc3ccccc3[nH]2)C1=O. The van der Waals surface area contributed by atoms with Gasteiger partial charge in [-0.05, 0) is 53.8 Å². The Balaban J connectivity index is 1.25. The highest BCUT2D eigenvalue weighted by molar-refractivity contribution is 6.09. The number of H-pyrrole nitrogens is 1. The lowest BCUT2D eigenvalue weighted by Gasteiger charge is -2.31. The molecule has 1 aliphatic rings. The molecule has 0 aliphatic carbocycles. The van der Waals surface area contributed by atoms with Gasteiger partial charge in [-0.3, -0.25) is 14.2 Å². The quantitative estimate of drug-likeness (QED) is 0.331. The highest BCUT2D eigenvalue weighted by atomic mass is 16.5. The van der Waals surface area contributed by atoms with Crippen LogP contribution in [0.5, 0.6) is 5.75 Å². The number of hydrogen-bond donors (Lipinski definition) is 2. The van der Waals surface area contributed by atoms with Crippen LogP contribution in [-0.4, -0.2) is 52.5 Å². The number of amides is 1. The minimum atomic E-state index is -0.139. The molecule has 0 spiro atoms. The smallest absolute Gasteiger partial charge is 0.271 e. The fourth-order valence-electron chi connectivity index (χ4n) is 5.21. The van der Waals surface area contributed by atoms with Crippen LogP contribution in [-0.2, 0) is 13.0 Å². The lowest BCUT2D eigenvalue weighted by Crippen LogP contribution is -2.50. The summed E-state index contributed by atoms with van der Waals surface area (Å²) in [5.74, 6) is 0.445. The van der Waals surface area contributed by atoms with E-state index in [0.717, 1.165) is 28.5 Å². The summed E-state index contributed by atoms with van der Waals surface area (Å²) in [6, 6.07) is 27.8. The van der Waals surface area contributed by atoms with E-state index in [4.69, 9.17) is 4.74 Å². The lowest BCUT2D eigenvalue weighted by molar-refractivity contribution is 0.0608. The number of aromatic amines is 1. The third-order valence-corrected chi connectivity index (χ3v) is 7.02. The number of hydrogen-bond acceptors (Lipinski definition) is 4. The Hall–Kier alpha value is -4.36. The van der Waals surface area contributed by atoms with E-state index >= 15 is 0 Å². The Kier molecular flexibility index (Phi) is 5.98. The van der Waals surface area contributed by atoms with E-state index in [9.17, 15) is 9.59 Å². The van der Waals surface area contributed by atoms with Crippen LogP contribution in [0.1, 0.15) is 26.5 Å². The highest BCUT2D eigenvalue weighted by Crippen LogP contribution is 2.28. The number of benzene rings is 3. The van der Waals surface area contributed by atoms with E-state index in [0.29, 0.717) is 24.5 Å². The van der Waals surface area contributed by atoms with Gasteiger partial charge in [-0.25, -0.2) is 0 Å². The molecule has 3 heterocycles. The Bertz CT molecular complexity index is 1570. The third-order valence-electron chi connectivity index (χ3n) is 7.02. The molecule has 1 aliphatic heterocycles. The summed E-state index contributed by atoms with van der Waals surface area (Å²) in [6.45, 7) is 1.09. The van der Waals surface area contributed by atoms with Crippen molar-refractivity contribution in [2.45, 2.75) is 19.0 Å². The molecule has 0 bridgehead atoms. The lowest BCUT2D eigenvalue weighted by atomic mass is 10.0. The summed E-state index contributed by atoms with van der Waals surface area (Å²) in [5, 5.41) is 5.62. The summed E-state index contributed by atoms with van der Waals surface area (Å²) < 4.78 is 6.86. The van der Waals surface area contributed by atoms with Crippen molar-refractivity contribution < 1.29 is 14.3 Å². The molecule has 186 valence electrons. The predicted molar refractivity (Wildman–Crippen MR) is 144 cm³/mol. The molecule has 2 aromatic heterocycles. The van der Waals surface area contributed by atoms with Crippen molar-refractivity contribution in [3.63, 3.8) is 0 Å². The summed E-state index contributed by atoms with van der Waals surface area (Å²) in [4.78, 5) is 31.9. The first kappa shape index (κ1) is 23.1. The molecule has 7 heteroatoms. The van der Waals surface area contributed by atoms with Gasteiger partial charge in [0.05, 0.1) is 12.6 Å². The fourth-order valence-corrected chi connectivity index (χ4v) is 5.21. The van der Waals surface area contributed by atoms with Gasteiger partial charge >= 0.3 is 0 Å². The number of rotatable bonds is 8. The molecule has 37 heavy (non-hydrogen) atoms. The van der Waals surface area contributed by atoms with Crippen LogP contribution in [0.15, 0.2) is 84.9 Å². The standard InChI is InChI=1S/C30H28N4O3/c1-37-25-11-12-27-22(15-25)16-28-30(36)33(19-29(35)34(27)28)18-24(13-20-7-3-2-4-8-20)31-17-23-14-21-9-5-6-10-26(21)32-23/h2-12,14-16,24,31-32H,13,17-19H2,1H3/t24-/m0/s1. The minimum Gasteiger partial charge on any atom is -0.497 e. The topological polar surface area (TPSA) is 79.4 Å². The van der Waals surface area contributed by atoms with Crippen molar-refractivity contribution in [3.05, 3.63) is 102 Å². The molecule has 3 aromatic carbocycles. The van der Waals surface area contributed by atoms with Crippen LogP contribution in [0.3, 0.4) is 0 Å². The molecule has 1 amide bonds. The Morgan fingerprint density at radius 3 is 2.57 bits per heavy atom. The summed E-state index contributed by atoms with van der Waals surface area (Å²) in [7, 11) is 1.60. The second-order valence-corrected chi connectivity index (χ2v) is 9.52. The van der Waals surface area contributed by atoms with Gasteiger partial charge in [-0.2, -0.15) is 0 Å². The number of nitrogens with zero attached hydrogens (tertiary/aromatic N) is 2. The van der Waals surface area contributed by atoms with Gasteiger partial charge in [-0.15, -0.1) is 0 Å². The maximum absolute atomic E-state index is 13.6. The predicted octanol–water partition coefficient (Wildman–Crippen LogP) is 4.63. The first-order valence-corrected chi connectivity index (χ1v) is 12.4. The second kappa shape index (κ2) is 9.59. The van der Waals surface area contributed by atoms with E-state index in [-0.39, 0.29) is 24.4 Å². The van der Waals surface area contributed by atoms with Crippen molar-refractivity contribution >= 4 is 33.6 Å². The van der Waals surface area contributed by atoms with Gasteiger partial charge < -0.3 is 19.9 Å². The number of carbonyl (C=O) groups excluding carboxylic acids is 2. The average Bonchev–Trinajstić information content (AvgIpc) is 3.52. The van der Waals surface area contributed by atoms with Gasteiger partial charge in [0.1, 0.15) is 18.0 Å². The summed E-state index contributed by atoms with van der Waals surface area (Å²) >= 11 is 0. The number of fused-ring (bicyclic) bond motifs is 4. The highest BCUT2D eigenvalue weighted by Gasteiger charge is 2.33. The molecule has 7 nitrogen and oxygen atoms in total. The molecule has 0 saturated carbocycles. The number of para-hydroxylation sites is 1. The van der Waals surface area contributed by atoms with Crippen LogP contribution in [0.25, 0.3) is 21.8 Å². The van der Waals surface area contributed by atoms with Crippen LogP contribution < -0.4 is 10.1 Å². The third kappa shape index (κ3) is 4.49. The van der Waals surface area contributed by atoms with Gasteiger partial charge in [0.2, 0.25) is 0 Å². The molecule has 1 atom stereocenters. The van der Waals surface area contributed by atoms with Gasteiger partial charge in [-0.1, -0.05) is 48.5 Å². The molecule has 0 unspecified atom stereocenters. The summed E-state index contributed by atoms with van der Waals surface area (Å²) in [6.07, 6.45) is 0.735. The Morgan fingerprint density at radius 2 is 1.76 bits per heavy atom. The molecule has 6 rings (SSSR count). The van der Waals surface area contributed by atoms with E-state index in [1.807, 2.05) is 48.5 Å². The molecule has 5 aromatic rings. The molecular weight excluding hydrogens is 464 g/mol. The zero-order chi connectivity index (χ0) is 25.4. The van der Waals surface area contributed by atoms with E-state index < -0.39 is 0 Å². The molecule has 0 fully saturated rings. The van der Waals surface area contributed by atoms with E-state index in [1.54, 1.807) is 18.1 Å². The van der Waals surface area contributed by atoms with E-state index in [1.165, 1.54) is 15.5 Å². The monoisotopic (exact) mass is 492 g/mol. The second-order valence-electron chi connectivity index (χ2n) is 9.52. The normalized spacial score (nSPS) is 14.4. The van der Waals surface area contributed by atoms with Crippen LogP contribution in [0, 0.1) is 0 Å². The van der Waals surface area contributed by atoms with Crippen molar-refractivity contribution in [1.29, 1.82) is 0 Å². The van der Waals surface area contributed by atoms with Crippen molar-refractivity contribution in [2.75, 3.05) is 20.2 Å². The number of carbonyl (C=O) groups is 2. The average molecular weight is 493 g/mol. The van der Waals surface area contributed by atoms with Crippen LogP contribution in [0.4, 0.5) is 0 Å². The zero-order valence-corrected chi connectivity index (χ0v) is 20.6. The zero-order valence-electron chi connectivity index (χ0n) is 20.6. The van der Waals surface area contributed by atoms with Crippen molar-refractivity contribution in [3.8, 4) is 5.75 Å². The van der Waals surface area contributed by atoms with Gasteiger partial charge in [0.15, 0.2) is 0 Å². The van der Waals surface area contributed by atoms with Gasteiger partial charge in [0.25, 0.3) is 11.8 Å². The Morgan fingerprint density at radius 1 is 0.946 bits per heavy atom. The number of methoxy groups -OCH3 is 1. The number of aromatic nitrogens is 2. The number of ether oxygens (including phenoxy) is 1. The molecular formula is C30H28N4O3. The minimum absolute atomic E-state index is 0.0402. The first-order valence-electron chi connectivity index (χ1n) is 12.4. The van der Waals surface area contributed by atoms with Gasteiger partial charge in [0, 0.05) is 35.7 Å². The van der Waals surface area contributed by atoms with Crippen LogP contribution >= 0.6 is 0 Å². The van der Waals surface area contributed by atoms with E-state index in [2.05, 4.69) is 40.6 Å². The fraction of sp³-hybridized carbons (Fsp3) is 0.200. The van der Waals surface area contributed by atoms with Crippen LogP contribution in [0.2, 0.25) is 0 Å². The molecule has 0 radical (unpaired) electrons. The number of nitrogens with one attached hydrogen (secondary N) is 2. The Labute approximate surface area is 214 Å².